The molecule has 1 heterocycles. The Bertz CT molecular complexity index is 1130. The molecule has 0 fully saturated rings. The van der Waals surface area contributed by atoms with Crippen LogP contribution in [0.4, 0.5) is 5.69 Å². The molecule has 4 rings (SSSR count). The van der Waals surface area contributed by atoms with Crippen molar-refractivity contribution in [3.05, 3.63) is 95.7 Å². The van der Waals surface area contributed by atoms with Gasteiger partial charge in [-0.1, -0.05) is 66.2 Å². The average molecular weight is 389 g/mol. The highest BCUT2D eigenvalue weighted by atomic mass is 35.5. The minimum absolute atomic E-state index is 0.148. The van der Waals surface area contributed by atoms with Crippen LogP contribution in [0.15, 0.2) is 85.1 Å². The van der Waals surface area contributed by atoms with Crippen LogP contribution in [0.2, 0.25) is 5.02 Å². The van der Waals surface area contributed by atoms with E-state index in [4.69, 9.17) is 11.6 Å². The van der Waals surface area contributed by atoms with Gasteiger partial charge in [0.05, 0.1) is 5.57 Å². The van der Waals surface area contributed by atoms with Gasteiger partial charge in [-0.25, -0.2) is 0 Å². The SMILES string of the molecule is C=CCN1C(=O)C(Nc2cccc3ccccc23)=C(c2ccc(Cl)cc2)C1=O. The summed E-state index contributed by atoms with van der Waals surface area (Å²) in [6.07, 6.45) is 1.54. The molecule has 0 saturated heterocycles. The molecule has 0 unspecified atom stereocenters. The van der Waals surface area contributed by atoms with E-state index in [9.17, 15) is 9.59 Å². The van der Waals surface area contributed by atoms with Crippen molar-refractivity contribution in [1.82, 2.24) is 4.90 Å². The molecule has 0 radical (unpaired) electrons. The van der Waals surface area contributed by atoms with E-state index in [-0.39, 0.29) is 24.1 Å². The number of anilines is 1. The lowest BCUT2D eigenvalue weighted by atomic mass is 10.0. The Labute approximate surface area is 167 Å². The summed E-state index contributed by atoms with van der Waals surface area (Å²) in [5, 5.41) is 5.79. The lowest BCUT2D eigenvalue weighted by Gasteiger charge is -2.13. The zero-order valence-corrected chi connectivity index (χ0v) is 15.7. The predicted octanol–water partition coefficient (Wildman–Crippen LogP) is 4.87. The Kier molecular flexibility index (Phi) is 4.72. The molecule has 4 nitrogen and oxygen atoms in total. The van der Waals surface area contributed by atoms with Crippen LogP contribution in [-0.4, -0.2) is 23.3 Å². The van der Waals surface area contributed by atoms with E-state index in [1.807, 2.05) is 42.5 Å². The first-order valence-corrected chi connectivity index (χ1v) is 9.20. The summed E-state index contributed by atoms with van der Waals surface area (Å²) in [6, 6.07) is 20.6. The molecule has 1 aliphatic heterocycles. The monoisotopic (exact) mass is 388 g/mol. The third-order valence-electron chi connectivity index (χ3n) is 4.66. The van der Waals surface area contributed by atoms with Gasteiger partial charge < -0.3 is 5.32 Å². The molecule has 3 aromatic rings. The number of hydrogen-bond donors (Lipinski definition) is 1. The van der Waals surface area contributed by atoms with E-state index in [0.717, 1.165) is 16.5 Å². The molecular weight excluding hydrogens is 372 g/mol. The third kappa shape index (κ3) is 3.08. The number of halogens is 1. The van der Waals surface area contributed by atoms with Gasteiger partial charge in [-0.2, -0.15) is 0 Å². The highest BCUT2D eigenvalue weighted by molar-refractivity contribution is 6.37. The van der Waals surface area contributed by atoms with Crippen molar-refractivity contribution < 1.29 is 9.59 Å². The van der Waals surface area contributed by atoms with Gasteiger partial charge >= 0.3 is 0 Å². The van der Waals surface area contributed by atoms with Crippen LogP contribution >= 0.6 is 11.6 Å². The maximum atomic E-state index is 13.0. The van der Waals surface area contributed by atoms with Crippen molar-refractivity contribution >= 4 is 45.4 Å². The van der Waals surface area contributed by atoms with Gasteiger partial charge in [0.25, 0.3) is 11.8 Å². The largest absolute Gasteiger partial charge is 0.350 e. The number of nitrogens with one attached hydrogen (secondary N) is 1. The zero-order chi connectivity index (χ0) is 19.7. The van der Waals surface area contributed by atoms with E-state index < -0.39 is 0 Å². The van der Waals surface area contributed by atoms with E-state index in [0.29, 0.717) is 16.2 Å². The maximum Gasteiger partial charge on any atom is 0.278 e. The predicted molar refractivity (Wildman–Crippen MR) is 113 cm³/mol. The van der Waals surface area contributed by atoms with Crippen molar-refractivity contribution in [2.24, 2.45) is 0 Å². The Hall–Kier alpha value is -3.37. The van der Waals surface area contributed by atoms with E-state index >= 15 is 0 Å². The highest BCUT2D eigenvalue weighted by Crippen LogP contribution is 2.33. The fourth-order valence-electron chi connectivity index (χ4n) is 3.34. The number of rotatable bonds is 5. The molecule has 0 saturated carbocycles. The molecule has 2 amide bonds. The maximum absolute atomic E-state index is 13.0. The second-order valence-corrected chi connectivity index (χ2v) is 6.85. The van der Waals surface area contributed by atoms with E-state index in [2.05, 4.69) is 11.9 Å². The second kappa shape index (κ2) is 7.33. The van der Waals surface area contributed by atoms with Gasteiger partial charge in [-0.05, 0) is 29.1 Å². The zero-order valence-electron chi connectivity index (χ0n) is 15.0. The summed E-state index contributed by atoms with van der Waals surface area (Å²) in [4.78, 5) is 27.2. The first kappa shape index (κ1) is 18.0. The lowest BCUT2D eigenvalue weighted by Crippen LogP contribution is -2.32. The van der Waals surface area contributed by atoms with Gasteiger partial charge in [-0.3, -0.25) is 14.5 Å². The fourth-order valence-corrected chi connectivity index (χ4v) is 3.47. The molecule has 28 heavy (non-hydrogen) atoms. The molecule has 5 heteroatoms. The first-order chi connectivity index (χ1) is 13.6. The topological polar surface area (TPSA) is 49.4 Å². The van der Waals surface area contributed by atoms with Crippen LogP contribution in [-0.2, 0) is 9.59 Å². The van der Waals surface area contributed by atoms with Crippen molar-refractivity contribution in [1.29, 1.82) is 0 Å². The Morgan fingerprint density at radius 3 is 2.39 bits per heavy atom. The summed E-state index contributed by atoms with van der Waals surface area (Å²) < 4.78 is 0. The van der Waals surface area contributed by atoms with Gasteiger partial charge in [-0.15, -0.1) is 6.58 Å². The number of hydrogen-bond acceptors (Lipinski definition) is 3. The Morgan fingerprint density at radius 2 is 1.64 bits per heavy atom. The quantitative estimate of drug-likeness (QED) is 0.501. The summed E-state index contributed by atoms with van der Waals surface area (Å²) in [7, 11) is 0. The lowest BCUT2D eigenvalue weighted by molar-refractivity contribution is -0.136. The molecule has 1 aliphatic rings. The number of benzene rings is 3. The molecule has 3 aromatic carbocycles. The van der Waals surface area contributed by atoms with Gasteiger partial charge in [0.1, 0.15) is 5.70 Å². The molecule has 0 aromatic heterocycles. The number of carbonyl (C=O) groups excluding carboxylic acids is 2. The molecular formula is C23H17ClN2O2. The molecule has 0 aliphatic carbocycles. The van der Waals surface area contributed by atoms with Gasteiger partial charge in [0.2, 0.25) is 0 Å². The highest BCUT2D eigenvalue weighted by Gasteiger charge is 2.38. The summed E-state index contributed by atoms with van der Waals surface area (Å²) in [6.45, 7) is 3.80. The van der Waals surface area contributed by atoms with E-state index in [1.54, 1.807) is 24.3 Å². The van der Waals surface area contributed by atoms with Crippen LogP contribution in [0.1, 0.15) is 5.56 Å². The van der Waals surface area contributed by atoms with Gasteiger partial charge in [0.15, 0.2) is 0 Å². The normalized spacial score (nSPS) is 14.1. The molecule has 0 bridgehead atoms. The van der Waals surface area contributed by atoms with Gasteiger partial charge in [0, 0.05) is 22.6 Å². The van der Waals surface area contributed by atoms with E-state index in [1.165, 1.54) is 11.0 Å². The number of fused-ring (bicyclic) bond motifs is 1. The Balaban J connectivity index is 1.85. The minimum atomic E-state index is -0.372. The number of imide groups is 1. The third-order valence-corrected chi connectivity index (χ3v) is 4.91. The van der Waals surface area contributed by atoms with Crippen LogP contribution in [0, 0.1) is 0 Å². The molecule has 1 N–H and O–H groups in total. The molecule has 0 spiro atoms. The molecule has 138 valence electrons. The molecule has 0 atom stereocenters. The van der Waals surface area contributed by atoms with Crippen LogP contribution in [0.25, 0.3) is 16.3 Å². The average Bonchev–Trinajstić information content (AvgIpc) is 2.94. The standard InChI is InChI=1S/C23H17ClN2O2/c1-2-14-26-22(27)20(16-10-12-17(24)13-11-16)21(23(26)28)25-19-9-5-7-15-6-3-4-8-18(15)19/h2-13,25H,1,14H2. The van der Waals surface area contributed by atoms with Crippen molar-refractivity contribution in [3.63, 3.8) is 0 Å². The van der Waals surface area contributed by atoms with Crippen molar-refractivity contribution in [3.8, 4) is 0 Å². The van der Waals surface area contributed by atoms with Crippen LogP contribution in [0.3, 0.4) is 0 Å². The number of amides is 2. The summed E-state index contributed by atoms with van der Waals surface area (Å²) in [5.74, 6) is -0.724. The number of nitrogens with zero attached hydrogens (tertiary/aromatic N) is 1. The summed E-state index contributed by atoms with van der Waals surface area (Å²) >= 11 is 5.99. The summed E-state index contributed by atoms with van der Waals surface area (Å²) in [5.41, 5.74) is 1.99. The number of carbonyl (C=O) groups is 2. The fraction of sp³-hybridized carbons (Fsp3) is 0.0435. The van der Waals surface area contributed by atoms with Crippen LogP contribution < -0.4 is 5.32 Å². The first-order valence-electron chi connectivity index (χ1n) is 8.82. The van der Waals surface area contributed by atoms with Crippen molar-refractivity contribution in [2.45, 2.75) is 0 Å². The van der Waals surface area contributed by atoms with Crippen molar-refractivity contribution in [2.75, 3.05) is 11.9 Å². The van der Waals surface area contributed by atoms with Crippen LogP contribution in [0.5, 0.6) is 0 Å². The smallest absolute Gasteiger partial charge is 0.278 e. The Morgan fingerprint density at radius 1 is 0.929 bits per heavy atom. The minimum Gasteiger partial charge on any atom is -0.350 e. The second-order valence-electron chi connectivity index (χ2n) is 6.42.